The number of aliphatic hydroxyl groups is 2. The zero-order valence-corrected chi connectivity index (χ0v) is 9.45. The number of hydrogen-bond donors (Lipinski definition) is 2. The largest absolute Gasteiger partial charge is 0.396 e. The van der Waals surface area contributed by atoms with E-state index < -0.39 is 6.10 Å². The van der Waals surface area contributed by atoms with Crippen molar-refractivity contribution in [1.82, 2.24) is 0 Å². The third-order valence-corrected chi connectivity index (χ3v) is 1.69. The van der Waals surface area contributed by atoms with E-state index in [1.54, 1.807) is 19.1 Å². The second kappa shape index (κ2) is 11.4. The van der Waals surface area contributed by atoms with Crippen LogP contribution in [-0.4, -0.2) is 22.9 Å². The van der Waals surface area contributed by atoms with Crippen LogP contribution in [-0.2, 0) is 0 Å². The van der Waals surface area contributed by atoms with Crippen molar-refractivity contribution < 1.29 is 10.2 Å². The normalized spacial score (nSPS) is 10.4. The van der Waals surface area contributed by atoms with Gasteiger partial charge in [0, 0.05) is 6.61 Å². The van der Waals surface area contributed by atoms with Gasteiger partial charge in [-0.3, -0.25) is 0 Å². The molecular weight excluding hydrogens is 200 g/mol. The Morgan fingerprint density at radius 2 is 1.88 bits per heavy atom. The van der Waals surface area contributed by atoms with E-state index >= 15 is 0 Å². The van der Waals surface area contributed by atoms with Crippen LogP contribution in [0.25, 0.3) is 0 Å². The fourth-order valence-electron chi connectivity index (χ4n) is 0.923. The highest BCUT2D eigenvalue weighted by Crippen LogP contribution is 2.00. The van der Waals surface area contributed by atoms with Crippen molar-refractivity contribution in [3.63, 3.8) is 0 Å². The molecule has 1 unspecified atom stereocenters. The third-order valence-electron chi connectivity index (χ3n) is 1.69. The highest BCUT2D eigenvalue weighted by atomic mass is 16.3. The van der Waals surface area contributed by atoms with Crippen LogP contribution in [0.1, 0.15) is 26.2 Å². The molecule has 0 amide bonds. The maximum atomic E-state index is 9.42. The zero-order chi connectivity index (χ0) is 12.1. The molecule has 84 valence electrons. The van der Waals surface area contributed by atoms with Gasteiger partial charge in [0.2, 0.25) is 0 Å². The first-order chi connectivity index (χ1) is 7.81. The van der Waals surface area contributed by atoms with E-state index in [-0.39, 0.29) is 6.61 Å². The van der Waals surface area contributed by atoms with Crippen LogP contribution in [0.2, 0.25) is 0 Å². The van der Waals surface area contributed by atoms with Crippen molar-refractivity contribution >= 4 is 0 Å². The fourth-order valence-corrected chi connectivity index (χ4v) is 0.923. The van der Waals surface area contributed by atoms with Gasteiger partial charge in [0.25, 0.3) is 0 Å². The lowest BCUT2D eigenvalue weighted by Crippen LogP contribution is -2.01. The van der Waals surface area contributed by atoms with Crippen LogP contribution >= 0.6 is 0 Å². The fraction of sp³-hybridized carbons (Fsp3) is 0.429. The van der Waals surface area contributed by atoms with Gasteiger partial charge in [0.1, 0.15) is 0 Å². The Morgan fingerprint density at radius 3 is 2.56 bits per heavy atom. The van der Waals surface area contributed by atoms with Gasteiger partial charge in [-0.15, -0.1) is 0 Å². The molecule has 16 heavy (non-hydrogen) atoms. The predicted molar refractivity (Wildman–Crippen MR) is 65.1 cm³/mol. The molecule has 2 heteroatoms. The molecule has 0 aliphatic rings. The van der Waals surface area contributed by atoms with E-state index in [2.05, 4.69) is 35.5 Å². The summed E-state index contributed by atoms with van der Waals surface area (Å²) < 4.78 is 0. The molecule has 0 bridgehead atoms. The van der Waals surface area contributed by atoms with Gasteiger partial charge in [0.05, 0.1) is 6.10 Å². The summed E-state index contributed by atoms with van der Waals surface area (Å²) in [5.41, 5.74) is 0. The summed E-state index contributed by atoms with van der Waals surface area (Å²) in [5, 5.41) is 18.0. The van der Waals surface area contributed by atoms with Crippen LogP contribution in [0.15, 0.2) is 12.2 Å². The van der Waals surface area contributed by atoms with Crippen molar-refractivity contribution in [3.05, 3.63) is 12.2 Å². The molecule has 0 fully saturated rings. The third kappa shape index (κ3) is 10.4. The van der Waals surface area contributed by atoms with Gasteiger partial charge in [-0.2, -0.15) is 0 Å². The van der Waals surface area contributed by atoms with Crippen LogP contribution in [0, 0.1) is 35.5 Å². The number of allylic oxidation sites excluding steroid dienone is 1. The molecule has 0 aliphatic heterocycles. The van der Waals surface area contributed by atoms with Crippen molar-refractivity contribution in [2.75, 3.05) is 6.61 Å². The van der Waals surface area contributed by atoms with E-state index in [1.807, 2.05) is 0 Å². The minimum absolute atomic E-state index is 0.171. The lowest BCUT2D eigenvalue weighted by atomic mass is 10.1. The molecule has 0 aliphatic carbocycles. The molecule has 0 saturated heterocycles. The minimum Gasteiger partial charge on any atom is -0.396 e. The maximum Gasteiger partial charge on any atom is 0.0730 e. The first-order valence-electron chi connectivity index (χ1n) is 5.19. The number of unbranched alkanes of at least 4 members (excludes halogenated alkanes) is 1. The minimum atomic E-state index is -0.496. The number of aliphatic hydroxyl groups excluding tert-OH is 2. The average molecular weight is 216 g/mol. The van der Waals surface area contributed by atoms with Gasteiger partial charge in [-0.1, -0.05) is 11.8 Å². The summed E-state index contributed by atoms with van der Waals surface area (Å²) in [7, 11) is 0. The van der Waals surface area contributed by atoms with Crippen LogP contribution in [0.3, 0.4) is 0 Å². The van der Waals surface area contributed by atoms with Crippen molar-refractivity contribution in [2.45, 2.75) is 32.3 Å². The topological polar surface area (TPSA) is 40.5 Å². The van der Waals surface area contributed by atoms with Gasteiger partial charge < -0.3 is 10.2 Å². The molecule has 0 heterocycles. The highest BCUT2D eigenvalue weighted by Gasteiger charge is 1.96. The molecule has 0 aromatic heterocycles. The molecule has 2 nitrogen and oxygen atoms in total. The van der Waals surface area contributed by atoms with Crippen LogP contribution in [0.4, 0.5) is 0 Å². The van der Waals surface area contributed by atoms with Gasteiger partial charge >= 0.3 is 0 Å². The van der Waals surface area contributed by atoms with E-state index in [0.29, 0.717) is 6.42 Å². The lowest BCUT2D eigenvalue weighted by Gasteiger charge is -2.02. The molecule has 0 aromatic rings. The molecule has 0 rings (SSSR count). The molecule has 1 atom stereocenters. The van der Waals surface area contributed by atoms with Gasteiger partial charge in [-0.05, 0) is 62.0 Å². The maximum absolute atomic E-state index is 9.42. The Labute approximate surface area is 97.4 Å². The van der Waals surface area contributed by atoms with Crippen molar-refractivity contribution in [3.8, 4) is 35.5 Å². The Morgan fingerprint density at radius 1 is 1.12 bits per heavy atom. The summed E-state index contributed by atoms with van der Waals surface area (Å²) in [6, 6.07) is 0. The predicted octanol–water partition coefficient (Wildman–Crippen LogP) is 1.10. The molecule has 0 radical (unpaired) electrons. The first kappa shape index (κ1) is 14.3. The first-order valence-corrected chi connectivity index (χ1v) is 5.19. The Balaban J connectivity index is 3.81. The second-order valence-electron chi connectivity index (χ2n) is 3.04. The Bertz CT molecular complexity index is 374. The standard InChI is InChI=1S/C14H16O2/c1-2-3-4-5-6-7-8-11-14(16)12-9-10-13-15/h8,11,14-16H,9-10,12-13H2,1H3/b11-8+. The van der Waals surface area contributed by atoms with E-state index in [0.717, 1.165) is 12.8 Å². The molecular formula is C14H16O2. The van der Waals surface area contributed by atoms with E-state index in [1.165, 1.54) is 0 Å². The van der Waals surface area contributed by atoms with Crippen molar-refractivity contribution in [2.24, 2.45) is 0 Å². The Kier molecular flexibility index (Phi) is 10.2. The number of rotatable bonds is 5. The monoisotopic (exact) mass is 216 g/mol. The summed E-state index contributed by atoms with van der Waals surface area (Å²) in [6.45, 7) is 1.88. The van der Waals surface area contributed by atoms with E-state index in [4.69, 9.17) is 5.11 Å². The van der Waals surface area contributed by atoms with Crippen molar-refractivity contribution in [1.29, 1.82) is 0 Å². The average Bonchev–Trinajstić information content (AvgIpc) is 2.28. The highest BCUT2D eigenvalue weighted by molar-refractivity contribution is 5.37. The molecule has 0 spiro atoms. The summed E-state index contributed by atoms with van der Waals surface area (Å²) in [4.78, 5) is 0. The lowest BCUT2D eigenvalue weighted by molar-refractivity contribution is 0.201. The number of hydrogen-bond acceptors (Lipinski definition) is 2. The summed E-state index contributed by atoms with van der Waals surface area (Å²) in [6.07, 6.45) is 4.88. The second-order valence-corrected chi connectivity index (χ2v) is 3.04. The van der Waals surface area contributed by atoms with Gasteiger partial charge in [-0.25, -0.2) is 0 Å². The smallest absolute Gasteiger partial charge is 0.0730 e. The Hall–Kier alpha value is -1.66. The summed E-state index contributed by atoms with van der Waals surface area (Å²) >= 11 is 0. The molecule has 2 N–H and O–H groups in total. The van der Waals surface area contributed by atoms with Gasteiger partial charge in [0.15, 0.2) is 0 Å². The van der Waals surface area contributed by atoms with Crippen LogP contribution in [0.5, 0.6) is 0 Å². The zero-order valence-electron chi connectivity index (χ0n) is 9.45. The quantitative estimate of drug-likeness (QED) is 0.533. The van der Waals surface area contributed by atoms with E-state index in [9.17, 15) is 5.11 Å². The molecule has 0 aromatic carbocycles. The molecule has 0 saturated carbocycles. The summed E-state index contributed by atoms with van der Waals surface area (Å²) in [5.74, 6) is 15.6. The van der Waals surface area contributed by atoms with Crippen LogP contribution < -0.4 is 0 Å². The SMILES string of the molecule is CC#CC#CC#C/C=C/C(O)CCCCO.